The van der Waals surface area contributed by atoms with E-state index in [2.05, 4.69) is 5.32 Å². The third-order valence-corrected chi connectivity index (χ3v) is 3.06. The van der Waals surface area contributed by atoms with Gasteiger partial charge < -0.3 is 14.8 Å². The predicted molar refractivity (Wildman–Crippen MR) is 74.6 cm³/mol. The van der Waals surface area contributed by atoms with Gasteiger partial charge in [0.15, 0.2) is 11.5 Å². The zero-order chi connectivity index (χ0) is 12.7. The molecule has 0 radical (unpaired) electrons. The molecule has 0 saturated carbocycles. The summed E-state index contributed by atoms with van der Waals surface area (Å²) in [5.74, 6) is 2.24. The largest absolute Gasteiger partial charge is 0.493 e. The summed E-state index contributed by atoms with van der Waals surface area (Å²) in [4.78, 5) is 0. The third-order valence-electron chi connectivity index (χ3n) is 2.20. The summed E-state index contributed by atoms with van der Waals surface area (Å²) in [6, 6.07) is 3.84. The highest BCUT2D eigenvalue weighted by Crippen LogP contribution is 2.36. The molecule has 17 heavy (non-hydrogen) atoms. The molecular weight excluding hydrogens is 258 g/mol. The van der Waals surface area contributed by atoms with Crippen LogP contribution in [-0.4, -0.2) is 32.8 Å². The van der Waals surface area contributed by atoms with Crippen LogP contribution in [0.5, 0.6) is 11.5 Å². The van der Waals surface area contributed by atoms with Crippen LogP contribution in [0.3, 0.4) is 0 Å². The molecule has 1 aromatic carbocycles. The van der Waals surface area contributed by atoms with Crippen molar-refractivity contribution in [3.8, 4) is 11.5 Å². The number of hydrogen-bond donors (Lipinski definition) is 1. The van der Waals surface area contributed by atoms with E-state index in [9.17, 15) is 0 Å². The minimum absolute atomic E-state index is 0.593. The average Bonchev–Trinajstić information content (AvgIpc) is 2.32. The van der Waals surface area contributed by atoms with E-state index in [4.69, 9.17) is 21.1 Å². The molecule has 1 aromatic rings. The summed E-state index contributed by atoms with van der Waals surface area (Å²) in [5, 5.41) is 3.67. The first-order valence-corrected chi connectivity index (χ1v) is 7.12. The second-order valence-corrected chi connectivity index (χ2v) is 4.87. The molecule has 0 amide bonds. The summed E-state index contributed by atoms with van der Waals surface area (Å²) < 4.78 is 10.9. The van der Waals surface area contributed by atoms with E-state index in [1.807, 2.05) is 25.4 Å². The fraction of sp³-hybridized carbons (Fsp3) is 0.500. The molecule has 0 aliphatic rings. The Balaban J connectivity index is 2.87. The molecule has 0 atom stereocenters. The summed E-state index contributed by atoms with van der Waals surface area (Å²) in [7, 11) is 3.51. The number of rotatable bonds is 7. The van der Waals surface area contributed by atoms with E-state index in [1.165, 1.54) is 0 Å². The Labute approximate surface area is 112 Å². The van der Waals surface area contributed by atoms with Crippen molar-refractivity contribution >= 4 is 23.4 Å². The Morgan fingerprint density at radius 2 is 2.18 bits per heavy atom. The predicted octanol–water partition coefficient (Wildman–Crippen LogP) is 2.81. The molecule has 0 aliphatic heterocycles. The van der Waals surface area contributed by atoms with Gasteiger partial charge in [0.25, 0.3) is 0 Å². The van der Waals surface area contributed by atoms with Crippen LogP contribution < -0.4 is 14.8 Å². The Morgan fingerprint density at radius 1 is 1.41 bits per heavy atom. The normalized spacial score (nSPS) is 10.4. The van der Waals surface area contributed by atoms with E-state index in [0.29, 0.717) is 23.1 Å². The molecule has 96 valence electrons. The molecule has 3 nitrogen and oxygen atoms in total. The third kappa shape index (κ3) is 4.30. The van der Waals surface area contributed by atoms with E-state index < -0.39 is 0 Å². The molecule has 0 aromatic heterocycles. The fourth-order valence-corrected chi connectivity index (χ4v) is 1.98. The van der Waals surface area contributed by atoms with Crippen molar-refractivity contribution in [1.29, 1.82) is 0 Å². The summed E-state index contributed by atoms with van der Waals surface area (Å²) >= 11 is 7.92. The number of ether oxygens (including phenoxy) is 2. The van der Waals surface area contributed by atoms with Gasteiger partial charge in [0.05, 0.1) is 18.7 Å². The molecular formula is C12H18ClNO2S. The maximum atomic E-state index is 6.19. The van der Waals surface area contributed by atoms with Crippen LogP contribution in [0.25, 0.3) is 0 Å². The standard InChI is InChI=1S/C12H18ClNO2S/c1-14-8-9-6-10(13)12(11(7-9)15-2)16-4-5-17-3/h6-7,14H,4-5,8H2,1-3H3. The molecule has 0 bridgehead atoms. The van der Waals surface area contributed by atoms with Gasteiger partial charge in [-0.3, -0.25) is 0 Å². The molecule has 0 aliphatic carbocycles. The summed E-state index contributed by atoms with van der Waals surface area (Å²) in [6.07, 6.45) is 2.04. The van der Waals surface area contributed by atoms with E-state index in [1.54, 1.807) is 18.9 Å². The van der Waals surface area contributed by atoms with Crippen LogP contribution in [0.15, 0.2) is 12.1 Å². The Hall–Kier alpha value is -0.580. The van der Waals surface area contributed by atoms with Crippen molar-refractivity contribution in [3.05, 3.63) is 22.7 Å². The molecule has 0 fully saturated rings. The van der Waals surface area contributed by atoms with Gasteiger partial charge in [-0.2, -0.15) is 11.8 Å². The maximum Gasteiger partial charge on any atom is 0.179 e. The fourth-order valence-electron chi connectivity index (χ4n) is 1.45. The molecule has 1 N–H and O–H groups in total. The second kappa shape index (κ2) is 7.69. The van der Waals surface area contributed by atoms with E-state index in [-0.39, 0.29) is 0 Å². The second-order valence-electron chi connectivity index (χ2n) is 3.48. The minimum Gasteiger partial charge on any atom is -0.493 e. The van der Waals surface area contributed by atoms with Crippen molar-refractivity contribution in [2.24, 2.45) is 0 Å². The Kier molecular flexibility index (Phi) is 6.55. The van der Waals surface area contributed by atoms with Crippen LogP contribution in [0.4, 0.5) is 0 Å². The number of hydrogen-bond acceptors (Lipinski definition) is 4. The van der Waals surface area contributed by atoms with E-state index >= 15 is 0 Å². The highest BCUT2D eigenvalue weighted by atomic mass is 35.5. The monoisotopic (exact) mass is 275 g/mol. The van der Waals surface area contributed by atoms with Gasteiger partial charge in [-0.05, 0) is 31.0 Å². The van der Waals surface area contributed by atoms with Crippen LogP contribution >= 0.6 is 23.4 Å². The van der Waals surface area contributed by atoms with Gasteiger partial charge in [0.2, 0.25) is 0 Å². The van der Waals surface area contributed by atoms with Crippen molar-refractivity contribution in [1.82, 2.24) is 5.32 Å². The molecule has 0 unspecified atom stereocenters. The lowest BCUT2D eigenvalue weighted by atomic mass is 10.2. The highest BCUT2D eigenvalue weighted by molar-refractivity contribution is 7.98. The van der Waals surface area contributed by atoms with Crippen molar-refractivity contribution in [2.75, 3.05) is 32.8 Å². The van der Waals surface area contributed by atoms with Gasteiger partial charge in [-0.1, -0.05) is 11.6 Å². The van der Waals surface area contributed by atoms with E-state index in [0.717, 1.165) is 17.9 Å². The number of methoxy groups -OCH3 is 1. The average molecular weight is 276 g/mol. The summed E-state index contributed by atoms with van der Waals surface area (Å²) in [6.45, 7) is 1.38. The first-order valence-electron chi connectivity index (χ1n) is 5.35. The van der Waals surface area contributed by atoms with Gasteiger partial charge in [-0.25, -0.2) is 0 Å². The topological polar surface area (TPSA) is 30.5 Å². The smallest absolute Gasteiger partial charge is 0.179 e. The number of nitrogens with one attached hydrogen (secondary N) is 1. The highest BCUT2D eigenvalue weighted by Gasteiger charge is 2.11. The zero-order valence-corrected chi connectivity index (χ0v) is 12.0. The Bertz CT molecular complexity index is 361. The van der Waals surface area contributed by atoms with Gasteiger partial charge in [-0.15, -0.1) is 0 Å². The van der Waals surface area contributed by atoms with Crippen LogP contribution in [0.2, 0.25) is 5.02 Å². The number of benzene rings is 1. The first kappa shape index (κ1) is 14.5. The quantitative estimate of drug-likeness (QED) is 0.775. The molecule has 1 rings (SSSR count). The SMILES string of the molecule is CNCc1cc(Cl)c(OCCSC)c(OC)c1. The van der Waals surface area contributed by atoms with Crippen LogP contribution in [0.1, 0.15) is 5.56 Å². The maximum absolute atomic E-state index is 6.19. The Morgan fingerprint density at radius 3 is 2.76 bits per heavy atom. The molecule has 0 spiro atoms. The van der Waals surface area contributed by atoms with Crippen molar-refractivity contribution in [3.63, 3.8) is 0 Å². The lowest BCUT2D eigenvalue weighted by Crippen LogP contribution is -2.07. The number of halogens is 1. The lowest BCUT2D eigenvalue weighted by Gasteiger charge is -2.13. The van der Waals surface area contributed by atoms with Crippen LogP contribution in [0, 0.1) is 0 Å². The van der Waals surface area contributed by atoms with Crippen LogP contribution in [-0.2, 0) is 6.54 Å². The van der Waals surface area contributed by atoms with Crippen molar-refractivity contribution < 1.29 is 9.47 Å². The number of thioether (sulfide) groups is 1. The zero-order valence-electron chi connectivity index (χ0n) is 10.4. The lowest BCUT2D eigenvalue weighted by molar-refractivity contribution is 0.313. The first-order chi connectivity index (χ1) is 8.22. The van der Waals surface area contributed by atoms with Gasteiger partial charge >= 0.3 is 0 Å². The van der Waals surface area contributed by atoms with Gasteiger partial charge in [0, 0.05) is 12.3 Å². The molecule has 0 saturated heterocycles. The minimum atomic E-state index is 0.593. The molecule has 0 heterocycles. The molecule has 5 heteroatoms. The van der Waals surface area contributed by atoms with Gasteiger partial charge in [0.1, 0.15) is 0 Å². The van der Waals surface area contributed by atoms with Crippen molar-refractivity contribution in [2.45, 2.75) is 6.54 Å². The summed E-state index contributed by atoms with van der Waals surface area (Å²) in [5.41, 5.74) is 1.08.